The third-order valence-corrected chi connectivity index (χ3v) is 2.29. The van der Waals surface area contributed by atoms with Gasteiger partial charge in [0.05, 0.1) is 4.90 Å². The van der Waals surface area contributed by atoms with Crippen LogP contribution in [0.5, 0.6) is 0 Å². The molecular weight excluding hydrogens is 185 g/mol. The van der Waals surface area contributed by atoms with Crippen molar-refractivity contribution in [3.63, 3.8) is 0 Å². The molecule has 0 fully saturated rings. The van der Waals surface area contributed by atoms with E-state index in [1.807, 2.05) is 0 Å². The van der Waals surface area contributed by atoms with Crippen LogP contribution in [0.1, 0.15) is 5.56 Å². The molecule has 0 saturated carbocycles. The van der Waals surface area contributed by atoms with Crippen molar-refractivity contribution in [1.82, 2.24) is 0 Å². The number of rotatable bonds is 1. The van der Waals surface area contributed by atoms with Gasteiger partial charge in [-0.3, -0.25) is 0 Å². The van der Waals surface area contributed by atoms with Crippen LogP contribution in [-0.4, -0.2) is 6.26 Å². The van der Waals surface area contributed by atoms with E-state index in [4.69, 9.17) is 0 Å². The van der Waals surface area contributed by atoms with Gasteiger partial charge in [0.1, 0.15) is 5.82 Å². The maximum atomic E-state index is 12.9. The molecule has 0 N–H and O–H groups in total. The first kappa shape index (κ1) is 9.45. The fourth-order valence-electron chi connectivity index (χ4n) is 0.884. The molecule has 0 nitrogen and oxygen atoms in total. The van der Waals surface area contributed by atoms with E-state index in [9.17, 15) is 13.2 Å². The summed E-state index contributed by atoms with van der Waals surface area (Å²) in [4.78, 5) is -0.266. The summed E-state index contributed by atoms with van der Waals surface area (Å²) in [5, 5.41) is 0. The summed E-state index contributed by atoms with van der Waals surface area (Å²) in [7, 11) is 0. The lowest BCUT2D eigenvalue weighted by Crippen LogP contribution is -1.95. The first-order chi connectivity index (χ1) is 5.57. The quantitative estimate of drug-likeness (QED) is 0.486. The Morgan fingerprint density at radius 3 is 2.25 bits per heavy atom. The van der Waals surface area contributed by atoms with Crippen LogP contribution in [0.3, 0.4) is 0 Å². The molecule has 0 spiro atoms. The third kappa shape index (κ3) is 1.43. The van der Waals surface area contributed by atoms with Crippen molar-refractivity contribution >= 4 is 11.8 Å². The van der Waals surface area contributed by atoms with Crippen LogP contribution in [0.25, 0.3) is 0 Å². The van der Waals surface area contributed by atoms with Gasteiger partial charge in [0, 0.05) is 0 Å². The first-order valence-electron chi connectivity index (χ1n) is 3.26. The Bertz CT molecular complexity index is 310. The smallest absolute Gasteiger partial charge is 0.175 e. The van der Waals surface area contributed by atoms with Crippen LogP contribution < -0.4 is 0 Å². The number of halogens is 3. The predicted octanol–water partition coefficient (Wildman–Crippen LogP) is 3.13. The van der Waals surface area contributed by atoms with Crippen LogP contribution in [0.2, 0.25) is 0 Å². The van der Waals surface area contributed by atoms with Crippen molar-refractivity contribution in [2.45, 2.75) is 11.8 Å². The van der Waals surface area contributed by atoms with Gasteiger partial charge in [-0.2, -0.15) is 0 Å². The van der Waals surface area contributed by atoms with Crippen molar-refractivity contribution in [1.29, 1.82) is 0 Å². The van der Waals surface area contributed by atoms with Crippen LogP contribution in [0, 0.1) is 24.4 Å². The Labute approximate surface area is 72.8 Å². The monoisotopic (exact) mass is 192 g/mol. The summed E-state index contributed by atoms with van der Waals surface area (Å²) in [6.45, 7) is 1.32. The van der Waals surface area contributed by atoms with Gasteiger partial charge in [-0.15, -0.1) is 11.8 Å². The average molecular weight is 192 g/mol. The molecule has 1 rings (SSSR count). The Kier molecular flexibility index (Phi) is 2.67. The fraction of sp³-hybridized carbons (Fsp3) is 0.250. The first-order valence-corrected chi connectivity index (χ1v) is 4.48. The van der Waals surface area contributed by atoms with Gasteiger partial charge in [0.2, 0.25) is 0 Å². The lowest BCUT2D eigenvalue weighted by molar-refractivity contribution is 0.462. The molecule has 0 heterocycles. The van der Waals surface area contributed by atoms with Crippen LogP contribution in [-0.2, 0) is 0 Å². The summed E-state index contributed by atoms with van der Waals surface area (Å²) in [6.07, 6.45) is 1.50. The van der Waals surface area contributed by atoms with Gasteiger partial charge < -0.3 is 0 Å². The van der Waals surface area contributed by atoms with Gasteiger partial charge >= 0.3 is 0 Å². The van der Waals surface area contributed by atoms with E-state index in [-0.39, 0.29) is 10.5 Å². The second-order valence-corrected chi connectivity index (χ2v) is 3.15. The summed E-state index contributed by atoms with van der Waals surface area (Å²) in [6, 6.07) is 0.990. The zero-order valence-electron chi connectivity index (χ0n) is 6.62. The van der Waals surface area contributed by atoms with Crippen LogP contribution in [0.15, 0.2) is 11.0 Å². The van der Waals surface area contributed by atoms with Crippen molar-refractivity contribution in [2.75, 3.05) is 6.26 Å². The maximum absolute atomic E-state index is 12.9. The second-order valence-electron chi connectivity index (χ2n) is 2.34. The lowest BCUT2D eigenvalue weighted by atomic mass is 10.2. The normalized spacial score (nSPS) is 10.4. The largest absolute Gasteiger partial charge is 0.206 e. The zero-order chi connectivity index (χ0) is 9.30. The molecule has 1 aromatic rings. The molecule has 0 aliphatic carbocycles. The molecule has 0 amide bonds. The van der Waals surface area contributed by atoms with E-state index in [0.29, 0.717) is 0 Å². The van der Waals surface area contributed by atoms with E-state index in [2.05, 4.69) is 0 Å². The zero-order valence-corrected chi connectivity index (χ0v) is 7.44. The molecule has 0 aromatic heterocycles. The van der Waals surface area contributed by atoms with E-state index >= 15 is 0 Å². The van der Waals surface area contributed by atoms with E-state index < -0.39 is 17.5 Å². The summed E-state index contributed by atoms with van der Waals surface area (Å²) >= 11 is 0.855. The number of aryl methyl sites for hydroxylation is 1. The van der Waals surface area contributed by atoms with Crippen molar-refractivity contribution in [2.24, 2.45) is 0 Å². The van der Waals surface area contributed by atoms with E-state index in [1.165, 1.54) is 13.2 Å². The third-order valence-electron chi connectivity index (χ3n) is 1.50. The molecule has 66 valence electrons. The molecule has 0 atom stereocenters. The van der Waals surface area contributed by atoms with Crippen LogP contribution >= 0.6 is 11.8 Å². The average Bonchev–Trinajstić information content (AvgIpc) is 2.01. The molecule has 1 aromatic carbocycles. The number of hydrogen-bond donors (Lipinski definition) is 0. The highest BCUT2D eigenvalue weighted by Gasteiger charge is 2.15. The topological polar surface area (TPSA) is 0 Å². The van der Waals surface area contributed by atoms with Crippen molar-refractivity contribution in [3.8, 4) is 0 Å². The highest BCUT2D eigenvalue weighted by molar-refractivity contribution is 7.98. The second kappa shape index (κ2) is 3.39. The van der Waals surface area contributed by atoms with Crippen LogP contribution in [0.4, 0.5) is 13.2 Å². The Balaban J connectivity index is 3.40. The molecule has 12 heavy (non-hydrogen) atoms. The Hall–Kier alpha value is -0.640. The van der Waals surface area contributed by atoms with Gasteiger partial charge in [0.25, 0.3) is 0 Å². The highest BCUT2D eigenvalue weighted by atomic mass is 32.2. The fourth-order valence-corrected chi connectivity index (χ4v) is 1.41. The molecular formula is C8H7F3S. The standard InChI is InChI=1S/C8H7F3S/c1-4-3-5(9)8(12-2)7(11)6(4)10/h3H,1-2H3. The Morgan fingerprint density at radius 1 is 1.17 bits per heavy atom. The molecule has 0 aliphatic rings. The lowest BCUT2D eigenvalue weighted by Gasteiger charge is -2.04. The van der Waals surface area contributed by atoms with Crippen molar-refractivity contribution < 1.29 is 13.2 Å². The van der Waals surface area contributed by atoms with Crippen molar-refractivity contribution in [3.05, 3.63) is 29.1 Å². The van der Waals surface area contributed by atoms with Gasteiger partial charge in [-0.1, -0.05) is 0 Å². The minimum atomic E-state index is -1.10. The Morgan fingerprint density at radius 2 is 1.75 bits per heavy atom. The number of hydrogen-bond acceptors (Lipinski definition) is 1. The van der Waals surface area contributed by atoms with Gasteiger partial charge in [-0.25, -0.2) is 13.2 Å². The summed E-state index contributed by atoms with van der Waals surface area (Å²) in [5.41, 5.74) is -0.0113. The highest BCUT2D eigenvalue weighted by Crippen LogP contribution is 2.26. The van der Waals surface area contributed by atoms with Gasteiger partial charge in [0.15, 0.2) is 11.6 Å². The van der Waals surface area contributed by atoms with Gasteiger partial charge in [-0.05, 0) is 24.8 Å². The predicted molar refractivity (Wildman–Crippen MR) is 42.8 cm³/mol. The summed E-state index contributed by atoms with van der Waals surface area (Å²) < 4.78 is 38.6. The molecule has 0 bridgehead atoms. The number of thioether (sulfide) groups is 1. The van der Waals surface area contributed by atoms with E-state index in [1.54, 1.807) is 0 Å². The molecule has 0 radical (unpaired) electrons. The molecule has 0 saturated heterocycles. The maximum Gasteiger partial charge on any atom is 0.175 e. The SMILES string of the molecule is CSc1c(F)cc(C)c(F)c1F. The minimum Gasteiger partial charge on any atom is -0.206 e. The molecule has 0 unspecified atom stereocenters. The van der Waals surface area contributed by atoms with E-state index in [0.717, 1.165) is 17.8 Å². The molecule has 4 heteroatoms. The summed E-state index contributed by atoms with van der Waals surface area (Å²) in [5.74, 6) is -2.78. The minimum absolute atomic E-state index is 0.0113. The molecule has 0 aliphatic heterocycles. The number of benzene rings is 1.